The molecular formula is C16H21ClN2O2. The Morgan fingerprint density at radius 2 is 2.14 bits per heavy atom. The van der Waals surface area contributed by atoms with E-state index in [1.807, 2.05) is 0 Å². The van der Waals surface area contributed by atoms with Crippen molar-refractivity contribution in [2.24, 2.45) is 0 Å². The third-order valence-corrected chi connectivity index (χ3v) is 3.76. The summed E-state index contributed by atoms with van der Waals surface area (Å²) < 4.78 is 5.53. The minimum Gasteiger partial charge on any atom is -0.451 e. The van der Waals surface area contributed by atoms with Gasteiger partial charge in [-0.15, -0.1) is 0 Å². The summed E-state index contributed by atoms with van der Waals surface area (Å²) in [6.45, 7) is 8.80. The molecule has 1 N–H and O–H groups in total. The lowest BCUT2D eigenvalue weighted by molar-refractivity contribution is 0.0920. The van der Waals surface area contributed by atoms with E-state index in [1.54, 1.807) is 24.3 Å². The normalized spacial score (nSPS) is 11.5. The van der Waals surface area contributed by atoms with Crippen LogP contribution in [0.2, 0.25) is 5.02 Å². The van der Waals surface area contributed by atoms with E-state index in [4.69, 9.17) is 16.0 Å². The lowest BCUT2D eigenvalue weighted by Crippen LogP contribution is -2.38. The molecule has 0 saturated carbocycles. The van der Waals surface area contributed by atoms with Gasteiger partial charge < -0.3 is 9.73 Å². The molecule has 2 rings (SSSR count). The Kier molecular flexibility index (Phi) is 5.26. The maximum Gasteiger partial charge on any atom is 0.287 e. The summed E-state index contributed by atoms with van der Waals surface area (Å²) in [5, 5.41) is 4.36. The van der Waals surface area contributed by atoms with Crippen LogP contribution in [0.5, 0.6) is 0 Å². The van der Waals surface area contributed by atoms with Gasteiger partial charge >= 0.3 is 0 Å². The molecule has 0 aliphatic carbocycles. The van der Waals surface area contributed by atoms with Gasteiger partial charge in [0.15, 0.2) is 5.76 Å². The van der Waals surface area contributed by atoms with E-state index in [1.165, 1.54) is 0 Å². The van der Waals surface area contributed by atoms with Crippen LogP contribution in [0.3, 0.4) is 0 Å². The first-order valence-electron chi connectivity index (χ1n) is 7.22. The van der Waals surface area contributed by atoms with Crippen molar-refractivity contribution in [3.05, 3.63) is 35.0 Å². The molecule has 0 aliphatic rings. The SMILES string of the molecule is CCN(CCNC(=O)c1cc2cc(Cl)ccc2o1)C(C)C. The predicted molar refractivity (Wildman–Crippen MR) is 85.9 cm³/mol. The van der Waals surface area contributed by atoms with Crippen LogP contribution in [-0.4, -0.2) is 36.5 Å². The Morgan fingerprint density at radius 1 is 1.38 bits per heavy atom. The van der Waals surface area contributed by atoms with E-state index in [0.29, 0.717) is 29.0 Å². The average molecular weight is 309 g/mol. The van der Waals surface area contributed by atoms with Crippen molar-refractivity contribution in [3.8, 4) is 0 Å². The average Bonchev–Trinajstić information content (AvgIpc) is 2.86. The van der Waals surface area contributed by atoms with Gasteiger partial charge in [0.2, 0.25) is 0 Å². The number of nitrogens with zero attached hydrogens (tertiary/aromatic N) is 1. The Bertz CT molecular complexity index is 622. The smallest absolute Gasteiger partial charge is 0.287 e. The van der Waals surface area contributed by atoms with Crippen molar-refractivity contribution in [2.45, 2.75) is 26.8 Å². The molecule has 1 heterocycles. The second-order valence-electron chi connectivity index (χ2n) is 5.27. The molecule has 114 valence electrons. The summed E-state index contributed by atoms with van der Waals surface area (Å²) >= 11 is 5.92. The number of nitrogens with one attached hydrogen (secondary N) is 1. The fourth-order valence-electron chi connectivity index (χ4n) is 2.31. The lowest BCUT2D eigenvalue weighted by Gasteiger charge is -2.24. The monoisotopic (exact) mass is 308 g/mol. The van der Waals surface area contributed by atoms with E-state index in [-0.39, 0.29) is 5.91 Å². The second-order valence-corrected chi connectivity index (χ2v) is 5.71. The zero-order valence-electron chi connectivity index (χ0n) is 12.6. The molecule has 1 aromatic heterocycles. The molecular weight excluding hydrogens is 288 g/mol. The number of furan rings is 1. The lowest BCUT2D eigenvalue weighted by atomic mass is 10.2. The van der Waals surface area contributed by atoms with Crippen molar-refractivity contribution in [1.82, 2.24) is 10.2 Å². The van der Waals surface area contributed by atoms with Crippen LogP contribution in [0, 0.1) is 0 Å². The largest absolute Gasteiger partial charge is 0.451 e. The van der Waals surface area contributed by atoms with Gasteiger partial charge in [0, 0.05) is 29.5 Å². The molecule has 0 aliphatic heterocycles. The number of carbonyl (C=O) groups excluding carboxylic acids is 1. The molecule has 0 radical (unpaired) electrons. The predicted octanol–water partition coefficient (Wildman–Crippen LogP) is 3.55. The van der Waals surface area contributed by atoms with Gasteiger partial charge in [-0.25, -0.2) is 0 Å². The summed E-state index contributed by atoms with van der Waals surface area (Å²) in [7, 11) is 0. The number of amides is 1. The van der Waals surface area contributed by atoms with Crippen molar-refractivity contribution >= 4 is 28.5 Å². The summed E-state index contributed by atoms with van der Waals surface area (Å²) in [4.78, 5) is 14.4. The number of hydrogen-bond donors (Lipinski definition) is 1. The fraction of sp³-hybridized carbons (Fsp3) is 0.438. The van der Waals surface area contributed by atoms with Gasteiger partial charge in [0.25, 0.3) is 5.91 Å². The van der Waals surface area contributed by atoms with Crippen molar-refractivity contribution in [3.63, 3.8) is 0 Å². The standard InChI is InChI=1S/C16H21ClN2O2/c1-4-19(11(2)3)8-7-18-16(20)15-10-12-9-13(17)5-6-14(12)21-15/h5-6,9-11H,4,7-8H2,1-3H3,(H,18,20). The molecule has 2 aromatic rings. The molecule has 1 aromatic carbocycles. The van der Waals surface area contributed by atoms with E-state index in [2.05, 4.69) is 31.0 Å². The van der Waals surface area contributed by atoms with Gasteiger partial charge in [-0.3, -0.25) is 9.69 Å². The zero-order valence-corrected chi connectivity index (χ0v) is 13.4. The van der Waals surface area contributed by atoms with Crippen molar-refractivity contribution in [1.29, 1.82) is 0 Å². The first-order chi connectivity index (χ1) is 10.0. The molecule has 4 nitrogen and oxygen atoms in total. The highest BCUT2D eigenvalue weighted by Gasteiger charge is 2.13. The van der Waals surface area contributed by atoms with Crippen LogP contribution in [0.15, 0.2) is 28.7 Å². The van der Waals surface area contributed by atoms with Gasteiger partial charge in [-0.05, 0) is 44.7 Å². The molecule has 0 atom stereocenters. The van der Waals surface area contributed by atoms with Gasteiger partial charge in [-0.2, -0.15) is 0 Å². The maximum absolute atomic E-state index is 12.1. The van der Waals surface area contributed by atoms with Crippen LogP contribution in [0.25, 0.3) is 11.0 Å². The molecule has 0 saturated heterocycles. The number of benzene rings is 1. The molecule has 0 fully saturated rings. The Morgan fingerprint density at radius 3 is 2.81 bits per heavy atom. The summed E-state index contributed by atoms with van der Waals surface area (Å²) in [5.74, 6) is 0.127. The summed E-state index contributed by atoms with van der Waals surface area (Å²) in [5.41, 5.74) is 0.668. The van der Waals surface area contributed by atoms with E-state index >= 15 is 0 Å². The second kappa shape index (κ2) is 6.96. The molecule has 21 heavy (non-hydrogen) atoms. The van der Waals surface area contributed by atoms with E-state index in [9.17, 15) is 4.79 Å². The summed E-state index contributed by atoms with van der Waals surface area (Å²) in [6, 6.07) is 7.49. The van der Waals surface area contributed by atoms with Gasteiger partial charge in [0.1, 0.15) is 5.58 Å². The molecule has 0 unspecified atom stereocenters. The topological polar surface area (TPSA) is 45.5 Å². The minimum atomic E-state index is -0.192. The van der Waals surface area contributed by atoms with Crippen molar-refractivity contribution < 1.29 is 9.21 Å². The third-order valence-electron chi connectivity index (χ3n) is 3.52. The quantitative estimate of drug-likeness (QED) is 0.887. The van der Waals surface area contributed by atoms with Crippen LogP contribution in [-0.2, 0) is 0 Å². The Balaban J connectivity index is 1.96. The van der Waals surface area contributed by atoms with Crippen LogP contribution >= 0.6 is 11.6 Å². The van der Waals surface area contributed by atoms with Crippen LogP contribution < -0.4 is 5.32 Å². The van der Waals surface area contributed by atoms with Crippen molar-refractivity contribution in [2.75, 3.05) is 19.6 Å². The molecule has 0 spiro atoms. The van der Waals surface area contributed by atoms with Crippen LogP contribution in [0.1, 0.15) is 31.3 Å². The zero-order chi connectivity index (χ0) is 15.4. The maximum atomic E-state index is 12.1. The highest BCUT2D eigenvalue weighted by molar-refractivity contribution is 6.31. The Hall–Kier alpha value is -1.52. The Labute approximate surface area is 130 Å². The highest BCUT2D eigenvalue weighted by atomic mass is 35.5. The third kappa shape index (κ3) is 3.99. The minimum absolute atomic E-state index is 0.192. The summed E-state index contributed by atoms with van der Waals surface area (Å²) in [6.07, 6.45) is 0. The van der Waals surface area contributed by atoms with Crippen LogP contribution in [0.4, 0.5) is 0 Å². The number of fused-ring (bicyclic) bond motifs is 1. The first-order valence-corrected chi connectivity index (χ1v) is 7.60. The van der Waals surface area contributed by atoms with E-state index in [0.717, 1.165) is 18.5 Å². The molecule has 5 heteroatoms. The molecule has 1 amide bonds. The number of halogens is 1. The van der Waals surface area contributed by atoms with Gasteiger partial charge in [-0.1, -0.05) is 18.5 Å². The fourth-order valence-corrected chi connectivity index (χ4v) is 2.49. The number of carbonyl (C=O) groups is 1. The number of likely N-dealkylation sites (N-methyl/N-ethyl adjacent to an activating group) is 1. The number of hydrogen-bond acceptors (Lipinski definition) is 3. The van der Waals surface area contributed by atoms with E-state index < -0.39 is 0 Å². The highest BCUT2D eigenvalue weighted by Crippen LogP contribution is 2.22. The first kappa shape index (κ1) is 15.9. The van der Waals surface area contributed by atoms with Gasteiger partial charge in [0.05, 0.1) is 0 Å². The molecule has 0 bridgehead atoms. The number of rotatable bonds is 6.